The lowest BCUT2D eigenvalue weighted by atomic mass is 10.0. The molecule has 0 spiro atoms. The Morgan fingerprint density at radius 3 is 1.53 bits per heavy atom. The molecular formula is C27H19NOS. The van der Waals surface area contributed by atoms with Crippen molar-refractivity contribution in [2.24, 2.45) is 0 Å². The second-order valence-corrected chi connectivity index (χ2v) is 8.18. The summed E-state index contributed by atoms with van der Waals surface area (Å²) in [5.41, 5.74) is 5.75. The van der Waals surface area contributed by atoms with Gasteiger partial charge in [0, 0.05) is 21.1 Å². The van der Waals surface area contributed by atoms with E-state index in [1.807, 2.05) is 72.8 Å². The van der Waals surface area contributed by atoms with Crippen molar-refractivity contribution in [2.75, 3.05) is 0 Å². The minimum absolute atomic E-state index is 0.0666. The Kier molecular flexibility index (Phi) is 4.96. The van der Waals surface area contributed by atoms with Crippen LogP contribution in [0.4, 0.5) is 0 Å². The molecule has 5 rings (SSSR count). The van der Waals surface area contributed by atoms with Gasteiger partial charge < -0.3 is 5.32 Å². The van der Waals surface area contributed by atoms with E-state index >= 15 is 0 Å². The van der Waals surface area contributed by atoms with Gasteiger partial charge in [0.05, 0.1) is 0 Å². The van der Waals surface area contributed by atoms with E-state index in [1.165, 1.54) is 0 Å². The summed E-state index contributed by atoms with van der Waals surface area (Å²) in [6.45, 7) is 0. The third-order valence-electron chi connectivity index (χ3n) is 5.09. The van der Waals surface area contributed by atoms with Gasteiger partial charge in [-0.1, -0.05) is 103 Å². The number of rotatable bonds is 3. The van der Waals surface area contributed by atoms with Crippen molar-refractivity contribution in [3.8, 4) is 0 Å². The summed E-state index contributed by atoms with van der Waals surface area (Å²) in [7, 11) is 0. The number of allylic oxidation sites excluding steroid dienone is 3. The molecule has 30 heavy (non-hydrogen) atoms. The van der Waals surface area contributed by atoms with Crippen LogP contribution in [0.5, 0.6) is 0 Å². The van der Waals surface area contributed by atoms with E-state index in [9.17, 15) is 4.79 Å². The Morgan fingerprint density at radius 1 is 0.567 bits per heavy atom. The molecule has 0 atom stereocenters. The molecule has 0 saturated carbocycles. The van der Waals surface area contributed by atoms with Crippen LogP contribution in [0.1, 0.15) is 16.7 Å². The first-order chi connectivity index (χ1) is 14.8. The first kappa shape index (κ1) is 18.5. The highest BCUT2D eigenvalue weighted by Gasteiger charge is 2.24. The van der Waals surface area contributed by atoms with E-state index in [-0.39, 0.29) is 5.91 Å². The number of hydrogen-bond donors (Lipinski definition) is 1. The number of carbonyl (C=O) groups excluding carboxylic acids is 1. The van der Waals surface area contributed by atoms with Crippen molar-refractivity contribution in [3.63, 3.8) is 0 Å². The standard InChI is InChI=1S/C27H19NOS/c29-27-23(18-24(28-27)19-10-4-1-5-11-19)22-16-25(20-12-6-2-7-13-20)30-26(17-22)21-14-8-3-9-15-21/h1-18H,(H,28,29). The summed E-state index contributed by atoms with van der Waals surface area (Å²) < 4.78 is 0. The molecular weight excluding hydrogens is 386 g/mol. The maximum atomic E-state index is 12.9. The first-order valence-electron chi connectivity index (χ1n) is 9.83. The van der Waals surface area contributed by atoms with Crippen molar-refractivity contribution >= 4 is 33.2 Å². The summed E-state index contributed by atoms with van der Waals surface area (Å²) in [6, 6.07) is 30.6. The van der Waals surface area contributed by atoms with Gasteiger partial charge in [-0.2, -0.15) is 0 Å². The predicted molar refractivity (Wildman–Crippen MR) is 126 cm³/mol. The van der Waals surface area contributed by atoms with Crippen LogP contribution >= 0.6 is 11.8 Å². The lowest BCUT2D eigenvalue weighted by Gasteiger charge is -2.18. The van der Waals surface area contributed by atoms with Crippen LogP contribution in [0.2, 0.25) is 0 Å². The number of carbonyl (C=O) groups is 1. The molecule has 3 aromatic rings. The molecule has 0 fully saturated rings. The summed E-state index contributed by atoms with van der Waals surface area (Å²) in [5, 5.41) is 3.03. The second kappa shape index (κ2) is 8.05. The van der Waals surface area contributed by atoms with Crippen LogP contribution in [0.3, 0.4) is 0 Å². The monoisotopic (exact) mass is 405 g/mol. The summed E-state index contributed by atoms with van der Waals surface area (Å²) in [6.07, 6.45) is 6.19. The molecule has 3 aromatic carbocycles. The maximum absolute atomic E-state index is 12.9. The molecule has 1 amide bonds. The van der Waals surface area contributed by atoms with E-state index in [4.69, 9.17) is 0 Å². The molecule has 2 aliphatic heterocycles. The van der Waals surface area contributed by atoms with E-state index in [0.29, 0.717) is 5.57 Å². The Bertz CT molecular complexity index is 1160. The minimum atomic E-state index is -0.0666. The highest BCUT2D eigenvalue weighted by atomic mass is 32.2. The quantitative estimate of drug-likeness (QED) is 0.519. The molecule has 1 N–H and O–H groups in total. The van der Waals surface area contributed by atoms with Crippen LogP contribution in [0.15, 0.2) is 120 Å². The van der Waals surface area contributed by atoms with Gasteiger partial charge in [0.15, 0.2) is 0 Å². The third kappa shape index (κ3) is 3.68. The van der Waals surface area contributed by atoms with Gasteiger partial charge in [0.2, 0.25) is 0 Å². The van der Waals surface area contributed by atoms with Crippen molar-refractivity contribution in [2.45, 2.75) is 0 Å². The minimum Gasteiger partial charge on any atom is -0.321 e. The fraction of sp³-hybridized carbons (Fsp3) is 0. The van der Waals surface area contributed by atoms with Crippen LogP contribution in [0.25, 0.3) is 15.5 Å². The van der Waals surface area contributed by atoms with Crippen molar-refractivity contribution in [1.29, 1.82) is 0 Å². The number of amides is 1. The summed E-state index contributed by atoms with van der Waals surface area (Å²) >= 11 is 1.73. The van der Waals surface area contributed by atoms with E-state index < -0.39 is 0 Å². The smallest absolute Gasteiger partial charge is 0.256 e. The Morgan fingerprint density at radius 2 is 1.03 bits per heavy atom. The molecule has 0 radical (unpaired) electrons. The Labute approximate surface area is 180 Å². The fourth-order valence-corrected chi connectivity index (χ4v) is 4.69. The molecule has 0 unspecified atom stereocenters. The van der Waals surface area contributed by atoms with Gasteiger partial charge in [0.1, 0.15) is 0 Å². The number of thioether (sulfide) groups is 1. The average molecular weight is 406 g/mol. The average Bonchev–Trinajstić information content (AvgIpc) is 3.22. The summed E-state index contributed by atoms with van der Waals surface area (Å²) in [4.78, 5) is 15.1. The molecule has 144 valence electrons. The topological polar surface area (TPSA) is 29.1 Å². The highest BCUT2D eigenvalue weighted by molar-refractivity contribution is 8.16. The zero-order chi connectivity index (χ0) is 20.3. The van der Waals surface area contributed by atoms with Crippen LogP contribution < -0.4 is 5.32 Å². The first-order valence-corrected chi connectivity index (χ1v) is 10.6. The Balaban J connectivity index is 1.64. The van der Waals surface area contributed by atoms with Gasteiger partial charge in [-0.05, 0) is 40.5 Å². The van der Waals surface area contributed by atoms with Crippen molar-refractivity contribution in [3.05, 3.63) is 137 Å². The molecule has 2 heterocycles. The third-order valence-corrected chi connectivity index (χ3v) is 6.23. The van der Waals surface area contributed by atoms with E-state index in [0.717, 1.165) is 37.8 Å². The van der Waals surface area contributed by atoms with E-state index in [1.54, 1.807) is 11.8 Å². The van der Waals surface area contributed by atoms with Gasteiger partial charge >= 0.3 is 0 Å². The zero-order valence-corrected chi connectivity index (χ0v) is 17.0. The maximum Gasteiger partial charge on any atom is 0.256 e. The molecule has 0 aliphatic carbocycles. The van der Waals surface area contributed by atoms with Crippen molar-refractivity contribution in [1.82, 2.24) is 5.32 Å². The van der Waals surface area contributed by atoms with Gasteiger partial charge in [-0.3, -0.25) is 4.79 Å². The molecule has 0 bridgehead atoms. The summed E-state index contributed by atoms with van der Waals surface area (Å²) in [5.74, 6) is -0.0666. The Hall–Kier alpha value is -3.56. The zero-order valence-electron chi connectivity index (χ0n) is 16.2. The highest BCUT2D eigenvalue weighted by Crippen LogP contribution is 2.45. The molecule has 2 nitrogen and oxygen atoms in total. The van der Waals surface area contributed by atoms with Gasteiger partial charge in [0.25, 0.3) is 5.91 Å². The molecule has 3 heteroatoms. The van der Waals surface area contributed by atoms with Crippen LogP contribution in [-0.2, 0) is 4.79 Å². The molecule has 0 aromatic heterocycles. The van der Waals surface area contributed by atoms with E-state index in [2.05, 4.69) is 41.7 Å². The lowest BCUT2D eigenvalue weighted by molar-refractivity contribution is -0.115. The van der Waals surface area contributed by atoms with Crippen LogP contribution in [0, 0.1) is 0 Å². The number of nitrogens with one attached hydrogen (secondary N) is 1. The fourth-order valence-electron chi connectivity index (χ4n) is 3.57. The van der Waals surface area contributed by atoms with Gasteiger partial charge in [-0.25, -0.2) is 0 Å². The van der Waals surface area contributed by atoms with Crippen LogP contribution in [-0.4, -0.2) is 5.91 Å². The van der Waals surface area contributed by atoms with Crippen molar-refractivity contribution < 1.29 is 4.79 Å². The molecule has 0 saturated heterocycles. The second-order valence-electron chi connectivity index (χ2n) is 7.10. The number of benzene rings is 3. The largest absolute Gasteiger partial charge is 0.321 e. The molecule has 2 aliphatic rings. The normalized spacial score (nSPS) is 16.0. The number of hydrogen-bond acceptors (Lipinski definition) is 2. The predicted octanol–water partition coefficient (Wildman–Crippen LogP) is 6.28. The SMILES string of the molecule is O=C1NC(c2ccccc2)=CC1=C1C=C(c2ccccc2)SC(c2ccccc2)=C1. The van der Waals surface area contributed by atoms with Gasteiger partial charge in [-0.15, -0.1) is 0 Å². The lowest BCUT2D eigenvalue weighted by Crippen LogP contribution is -2.16.